The molecule has 6 heterocycles. The summed E-state index contributed by atoms with van der Waals surface area (Å²) in [6, 6.07) is 106. The van der Waals surface area contributed by atoms with Gasteiger partial charge in [0.15, 0.2) is 0 Å². The highest BCUT2D eigenvalue weighted by Crippen LogP contribution is 2.58. The van der Waals surface area contributed by atoms with Crippen molar-refractivity contribution in [2.75, 3.05) is 9.80 Å². The van der Waals surface area contributed by atoms with Gasteiger partial charge in [0.2, 0.25) is 0 Å². The van der Waals surface area contributed by atoms with E-state index >= 15 is 0 Å². The summed E-state index contributed by atoms with van der Waals surface area (Å²) in [6.07, 6.45) is 0. The molecule has 0 saturated carbocycles. The van der Waals surface area contributed by atoms with E-state index in [0.29, 0.717) is 67.6 Å². The molecule has 25 rings (SSSR count). The molecule has 0 N–H and O–H groups in total. The second-order valence-corrected chi connectivity index (χ2v) is 38.4. The van der Waals surface area contributed by atoms with Gasteiger partial charge in [0.05, 0.1) is 52.6 Å². The molecule has 0 amide bonds. The van der Waals surface area contributed by atoms with Crippen LogP contribution in [0.15, 0.2) is 421 Å². The van der Waals surface area contributed by atoms with Gasteiger partial charge in [0.1, 0.15) is 22.3 Å². The molecule has 0 spiro atoms. The first-order chi connectivity index (χ1) is 70.7. The molecule has 0 aliphatic carbocycles. The van der Waals surface area contributed by atoms with Gasteiger partial charge in [-0.3, -0.25) is 0 Å². The zero-order valence-electron chi connectivity index (χ0n) is 88.9. The van der Waals surface area contributed by atoms with Crippen LogP contribution in [-0.4, -0.2) is 15.8 Å². The molecular weight excluding hydrogens is 1610 g/mol. The molecule has 0 saturated heterocycles. The Hall–Kier alpha value is -16.0. The van der Waals surface area contributed by atoms with Gasteiger partial charge in [0, 0.05) is 105 Å². The van der Waals surface area contributed by atoms with Crippen LogP contribution in [0.2, 0.25) is 0 Å². The van der Waals surface area contributed by atoms with Crippen molar-refractivity contribution in [3.63, 3.8) is 0 Å². The van der Waals surface area contributed by atoms with Crippen LogP contribution in [0.1, 0.15) is 98.2 Å². The normalized spacial score (nSPS) is 14.3. The zero-order valence-corrected chi connectivity index (χ0v) is 74.9. The molecule has 4 aromatic heterocycles. The first-order valence-electron chi connectivity index (χ1n) is 52.5. The molecule has 19 aromatic carbocycles. The quantitative estimate of drug-likeness (QED) is 0.114. The minimum atomic E-state index is -0.861. The summed E-state index contributed by atoms with van der Waals surface area (Å²) in [5.41, 5.74) is 22.4. The zero-order chi connectivity index (χ0) is 102. The fourth-order valence-corrected chi connectivity index (χ4v) is 20.6. The van der Waals surface area contributed by atoms with E-state index in [-0.39, 0.29) is 91.0 Å². The number of rotatable bonds is 12. The molecule has 7 heteroatoms. The van der Waals surface area contributed by atoms with E-state index in [4.69, 9.17) is 8.83 Å². The van der Waals surface area contributed by atoms with Gasteiger partial charge in [-0.2, -0.15) is 0 Å². The topological polar surface area (TPSA) is 42.6 Å². The minimum Gasteiger partial charge on any atom is -0.456 e. The maximum atomic E-state index is 10.6. The lowest BCUT2D eigenvalue weighted by atomic mass is 9.33. The Morgan fingerprint density at radius 1 is 0.256 bits per heavy atom. The lowest BCUT2D eigenvalue weighted by Crippen LogP contribution is -2.61. The molecule has 0 fully saturated rings. The summed E-state index contributed by atoms with van der Waals surface area (Å²) >= 11 is 0. The third-order valence-corrected chi connectivity index (χ3v) is 27.2. The van der Waals surface area contributed by atoms with E-state index in [9.17, 15) is 19.2 Å². The molecule has 0 bridgehead atoms. The third-order valence-electron chi connectivity index (χ3n) is 27.2. The number of benzene rings is 19. The Labute approximate surface area is 794 Å². The SMILES string of the molecule is [2H]c1c([2H])c([2H])c2c(c1[2H])c1c([2H])c(-c3ccccc3)c([2H])c([2H])c1n2-c1ccc2c(c1)N(c1c(-c3cccc(-c4ccccc4)c3)cc(C(C)(C)C)cc1-c1cccc3c1oc1ccccc13)c1cc(C(C)(C)C)cc3c1B2c1ccc(-n2c4c([2H])c([2H])c([2H])c([2H])c4c4c([2H])c(-c5ccccc5)c([2H])c([2H])c42)cc1N3c1c(-c2cccc(-c3ccccc3)c2)cc(C(C)(C)C)cc1-c1cccc2oc3ccccc3c12. The molecule has 0 radical (unpaired) electrons. The Morgan fingerprint density at radius 3 is 1.13 bits per heavy atom. The van der Waals surface area contributed by atoms with Crippen molar-refractivity contribution in [2.45, 2.75) is 78.6 Å². The lowest BCUT2D eigenvalue weighted by Gasteiger charge is -2.47. The molecule has 634 valence electrons. The summed E-state index contributed by atoms with van der Waals surface area (Å²) in [5, 5.41) is 3.71. The monoisotopic (exact) mass is 1720 g/mol. The van der Waals surface area contributed by atoms with Crippen molar-refractivity contribution >= 4 is 145 Å². The lowest BCUT2D eigenvalue weighted by molar-refractivity contribution is 0.590. The van der Waals surface area contributed by atoms with Crippen molar-refractivity contribution < 1.29 is 28.0 Å². The van der Waals surface area contributed by atoms with Gasteiger partial charge in [0.25, 0.3) is 6.71 Å². The maximum Gasteiger partial charge on any atom is 0.252 e. The molecular formula is C126H95BN4O2. The molecule has 6 nitrogen and oxygen atoms in total. The first-order valence-corrected chi connectivity index (χ1v) is 45.5. The third kappa shape index (κ3) is 12.9. The summed E-state index contributed by atoms with van der Waals surface area (Å²) in [7, 11) is 0. The van der Waals surface area contributed by atoms with E-state index < -0.39 is 71.3 Å². The standard InChI is InChI=1S/C126H95BN4O2/c1-124(2,3)88-70-100(86-44-30-42-82(66-86)78-34-14-10-15-35-78)121(104(72-88)96-50-33-57-118-119(96)99-49-25-29-56-117(99)132-118)130-112-76-91(128-108-53-26-22-46-93(108)102-68-84(58-64-110(102)128)80-38-18-12-19-39-80)60-62-106(112)127-107-63-61-92(129-109-54-27-23-47-94(109)103-69-85(59-65-111(103)129)81-40-20-13-21-41-81)77-113(107)131(115-75-90(126(7,8)9)74-114(130)120(115)127)122-101(87-45-31-43-83(67-87)79-36-16-11-17-37-79)71-89(125(4,5)6)73-105(122)98-52-32-51-97-95-48-24-28-55-116(95)133-123(97)98/h10-77H,1-9H3/i22D,23D,26D,27D,46D,47D,53D,54D,58D,59D,64D,65D,68D,69D. The number of fused-ring (bicyclic) bond motifs is 16. The van der Waals surface area contributed by atoms with Crippen LogP contribution in [0.25, 0.3) is 188 Å². The van der Waals surface area contributed by atoms with Crippen molar-refractivity contribution in [1.29, 1.82) is 0 Å². The Bertz CT molecular complexity index is 9620. The van der Waals surface area contributed by atoms with E-state index in [1.807, 2.05) is 91.0 Å². The van der Waals surface area contributed by atoms with Crippen LogP contribution in [0.4, 0.5) is 34.1 Å². The molecule has 133 heavy (non-hydrogen) atoms. The molecule has 2 aliphatic heterocycles. The number of nitrogens with zero attached hydrogens (tertiary/aromatic N) is 4. The van der Waals surface area contributed by atoms with E-state index in [0.717, 1.165) is 133 Å². The number of hydrogen-bond acceptors (Lipinski definition) is 4. The number of para-hydroxylation sites is 5. The fraction of sp³-hybridized carbons (Fsp3) is 0.0952. The maximum absolute atomic E-state index is 10.6. The van der Waals surface area contributed by atoms with Crippen molar-refractivity contribution in [3.05, 3.63) is 429 Å². The van der Waals surface area contributed by atoms with E-state index in [2.05, 4.69) is 260 Å². The number of aromatic nitrogens is 2. The van der Waals surface area contributed by atoms with Gasteiger partial charge in [-0.25, -0.2) is 0 Å². The van der Waals surface area contributed by atoms with Gasteiger partial charge in [-0.15, -0.1) is 0 Å². The average molecular weight is 1720 g/mol. The molecule has 23 aromatic rings. The average Bonchev–Trinajstić information content (AvgIpc) is 1.63. The van der Waals surface area contributed by atoms with E-state index in [1.165, 1.54) is 0 Å². The second kappa shape index (κ2) is 30.3. The van der Waals surface area contributed by atoms with Crippen LogP contribution in [-0.2, 0) is 16.2 Å². The smallest absolute Gasteiger partial charge is 0.252 e. The summed E-state index contributed by atoms with van der Waals surface area (Å²) in [6.45, 7) is 19.2. The van der Waals surface area contributed by atoms with Crippen LogP contribution in [0.3, 0.4) is 0 Å². The van der Waals surface area contributed by atoms with Crippen LogP contribution in [0.5, 0.6) is 0 Å². The summed E-state index contributed by atoms with van der Waals surface area (Å²) in [5.74, 6) is 0. The highest BCUT2D eigenvalue weighted by atomic mass is 16.3. The Kier molecular flexibility index (Phi) is 15.0. The Morgan fingerprint density at radius 2 is 0.632 bits per heavy atom. The van der Waals surface area contributed by atoms with Crippen LogP contribution in [0, 0.1) is 0 Å². The molecule has 2 aliphatic rings. The number of furan rings is 2. The largest absolute Gasteiger partial charge is 0.456 e. The van der Waals surface area contributed by atoms with Crippen molar-refractivity contribution in [1.82, 2.24) is 9.13 Å². The number of anilines is 6. The van der Waals surface area contributed by atoms with Gasteiger partial charge < -0.3 is 27.8 Å². The molecule has 0 atom stereocenters. The highest BCUT2D eigenvalue weighted by molar-refractivity contribution is 7.00. The second-order valence-electron chi connectivity index (χ2n) is 38.4. The predicted molar refractivity (Wildman–Crippen MR) is 563 cm³/mol. The Balaban J connectivity index is 0.904. The molecule has 0 unspecified atom stereocenters. The highest BCUT2D eigenvalue weighted by Gasteiger charge is 2.47. The minimum absolute atomic E-state index is 0.00480. The number of hydrogen-bond donors (Lipinski definition) is 0. The summed E-state index contributed by atoms with van der Waals surface area (Å²) in [4.78, 5) is 4.83. The van der Waals surface area contributed by atoms with Crippen molar-refractivity contribution in [3.8, 4) is 100 Å². The first kappa shape index (κ1) is 65.6. The van der Waals surface area contributed by atoms with Crippen LogP contribution >= 0.6 is 0 Å². The fourth-order valence-electron chi connectivity index (χ4n) is 20.6. The van der Waals surface area contributed by atoms with Gasteiger partial charge >= 0.3 is 0 Å². The van der Waals surface area contributed by atoms with Gasteiger partial charge in [-0.1, -0.05) is 347 Å². The summed E-state index contributed by atoms with van der Waals surface area (Å²) < 4.78 is 160. The van der Waals surface area contributed by atoms with Crippen LogP contribution < -0.4 is 26.2 Å². The van der Waals surface area contributed by atoms with E-state index in [1.54, 1.807) is 57.7 Å². The predicted octanol–water partition coefficient (Wildman–Crippen LogP) is 33.0. The van der Waals surface area contributed by atoms with Gasteiger partial charge in [-0.05, 0) is 238 Å². The van der Waals surface area contributed by atoms with Crippen molar-refractivity contribution in [2.24, 2.45) is 0 Å².